The van der Waals surface area contributed by atoms with Crippen LogP contribution >= 0.6 is 0 Å². The van der Waals surface area contributed by atoms with E-state index in [9.17, 15) is 9.90 Å². The van der Waals surface area contributed by atoms with Crippen LogP contribution in [0.3, 0.4) is 0 Å². The molecule has 0 spiro atoms. The second kappa shape index (κ2) is 3.00. The molecule has 0 aromatic heterocycles. The van der Waals surface area contributed by atoms with Crippen LogP contribution in [0, 0.1) is 0 Å². The van der Waals surface area contributed by atoms with Crippen LogP contribution in [0.1, 0.15) is 33.6 Å². The molecule has 1 fully saturated rings. The smallest absolute Gasteiger partial charge is 0.410 e. The largest absolute Gasteiger partial charge is 0.453 e. The summed E-state index contributed by atoms with van der Waals surface area (Å²) < 4.78 is 4.83. The van der Waals surface area contributed by atoms with Gasteiger partial charge >= 0.3 is 6.09 Å². The zero-order valence-electron chi connectivity index (χ0n) is 10.3. The third-order valence-corrected chi connectivity index (χ3v) is 3.66. The van der Waals surface area contributed by atoms with E-state index in [1.807, 2.05) is 32.9 Å². The van der Waals surface area contributed by atoms with Crippen LogP contribution in [0.15, 0.2) is 12.2 Å². The van der Waals surface area contributed by atoms with Crippen molar-refractivity contribution in [3.05, 3.63) is 12.2 Å². The average molecular weight is 225 g/mol. The summed E-state index contributed by atoms with van der Waals surface area (Å²) in [4.78, 5) is 13.6. The van der Waals surface area contributed by atoms with Gasteiger partial charge in [-0.3, -0.25) is 4.90 Å². The van der Waals surface area contributed by atoms with Gasteiger partial charge in [0.15, 0.2) is 0 Å². The lowest BCUT2D eigenvalue weighted by molar-refractivity contribution is -0.0828. The fourth-order valence-corrected chi connectivity index (χ4v) is 3.48. The van der Waals surface area contributed by atoms with Crippen molar-refractivity contribution in [3.63, 3.8) is 0 Å². The van der Waals surface area contributed by atoms with Gasteiger partial charge in [0.25, 0.3) is 0 Å². The van der Waals surface area contributed by atoms with E-state index in [1.165, 1.54) is 7.11 Å². The van der Waals surface area contributed by atoms with E-state index >= 15 is 0 Å². The van der Waals surface area contributed by atoms with Gasteiger partial charge in [0.2, 0.25) is 0 Å². The highest BCUT2D eigenvalue weighted by atomic mass is 16.5. The van der Waals surface area contributed by atoms with E-state index in [0.717, 1.165) is 0 Å². The molecular weight excluding hydrogens is 206 g/mol. The molecule has 1 amide bonds. The molecule has 16 heavy (non-hydrogen) atoms. The number of methoxy groups -OCH3 is 1. The Morgan fingerprint density at radius 2 is 1.69 bits per heavy atom. The first-order valence-electron chi connectivity index (χ1n) is 5.54. The molecule has 1 N–H and O–H groups in total. The maximum atomic E-state index is 11.8. The molecular formula is C12H19NO3. The normalized spacial score (nSPS) is 45.9. The van der Waals surface area contributed by atoms with Crippen molar-refractivity contribution >= 4 is 6.09 Å². The highest BCUT2D eigenvalue weighted by Gasteiger charge is 2.57. The molecule has 2 rings (SSSR count). The predicted molar refractivity (Wildman–Crippen MR) is 60.1 cm³/mol. The lowest BCUT2D eigenvalue weighted by atomic mass is 9.75. The quantitative estimate of drug-likeness (QED) is 0.638. The standard InChI is InChI=1S/C12H19NO3/c1-10-5-6-11(2,8-12(3,15)7-10)13(10)9(14)16-4/h5-6,15H,7-8H2,1-4H3/t10-,11+,12?. The summed E-state index contributed by atoms with van der Waals surface area (Å²) in [5, 5.41) is 10.2. The fraction of sp³-hybridized carbons (Fsp3) is 0.750. The minimum atomic E-state index is -0.739. The van der Waals surface area contributed by atoms with E-state index in [0.29, 0.717) is 12.8 Å². The van der Waals surface area contributed by atoms with Crippen LogP contribution in [0.5, 0.6) is 0 Å². The highest BCUT2D eigenvalue weighted by Crippen LogP contribution is 2.49. The number of hydrogen-bond donors (Lipinski definition) is 1. The molecule has 4 nitrogen and oxygen atoms in total. The van der Waals surface area contributed by atoms with Crippen molar-refractivity contribution in [2.75, 3.05) is 7.11 Å². The first kappa shape index (κ1) is 11.5. The summed E-state index contributed by atoms with van der Waals surface area (Å²) in [6.07, 6.45) is 4.77. The number of amides is 1. The fourth-order valence-electron chi connectivity index (χ4n) is 3.48. The zero-order valence-corrected chi connectivity index (χ0v) is 10.3. The van der Waals surface area contributed by atoms with Crippen molar-refractivity contribution in [1.82, 2.24) is 4.90 Å². The van der Waals surface area contributed by atoms with Gasteiger partial charge in [0.05, 0.1) is 23.8 Å². The molecule has 2 heterocycles. The Kier molecular flexibility index (Phi) is 2.15. The monoisotopic (exact) mass is 225 g/mol. The van der Waals surface area contributed by atoms with Gasteiger partial charge in [-0.2, -0.15) is 0 Å². The number of ether oxygens (including phenoxy) is 1. The number of hydrogen-bond acceptors (Lipinski definition) is 3. The van der Waals surface area contributed by atoms with Crippen molar-refractivity contribution in [1.29, 1.82) is 0 Å². The van der Waals surface area contributed by atoms with Crippen LogP contribution in [0.2, 0.25) is 0 Å². The Hall–Kier alpha value is -1.03. The van der Waals surface area contributed by atoms with Crippen LogP contribution in [-0.2, 0) is 4.74 Å². The second-order valence-electron chi connectivity index (χ2n) is 5.70. The van der Waals surface area contributed by atoms with Crippen molar-refractivity contribution in [2.45, 2.75) is 50.3 Å². The third kappa shape index (κ3) is 1.44. The molecule has 90 valence electrons. The Labute approximate surface area is 95.9 Å². The Bertz CT molecular complexity index is 339. The predicted octanol–water partition coefficient (Wildman–Crippen LogP) is 1.69. The molecule has 4 heteroatoms. The molecule has 0 aromatic rings. The minimum absolute atomic E-state index is 0.328. The summed E-state index contributed by atoms with van der Waals surface area (Å²) in [6, 6.07) is 0. The van der Waals surface area contributed by atoms with Gasteiger partial charge in [-0.05, 0) is 20.8 Å². The Balaban J connectivity index is 2.41. The molecule has 0 aliphatic carbocycles. The first-order valence-corrected chi connectivity index (χ1v) is 5.54. The molecule has 1 saturated heterocycles. The maximum Gasteiger partial charge on any atom is 0.410 e. The van der Waals surface area contributed by atoms with E-state index < -0.39 is 16.7 Å². The average Bonchev–Trinajstić information content (AvgIpc) is 2.29. The molecule has 0 radical (unpaired) electrons. The van der Waals surface area contributed by atoms with Gasteiger partial charge in [0.1, 0.15) is 0 Å². The Morgan fingerprint density at radius 3 is 2.06 bits per heavy atom. The van der Waals surface area contributed by atoms with E-state index in [2.05, 4.69) is 0 Å². The molecule has 2 aliphatic rings. The number of carbonyl (C=O) groups excluding carboxylic acids is 1. The SMILES string of the molecule is COC(=O)N1[C@@]2(C)C=C[C@]1(C)CC(C)(O)C2. The lowest BCUT2D eigenvalue weighted by Crippen LogP contribution is -2.64. The van der Waals surface area contributed by atoms with Crippen molar-refractivity contribution < 1.29 is 14.6 Å². The van der Waals surface area contributed by atoms with Crippen LogP contribution in [0.25, 0.3) is 0 Å². The van der Waals surface area contributed by atoms with Gasteiger partial charge in [-0.25, -0.2) is 4.79 Å². The highest BCUT2D eigenvalue weighted by molar-refractivity contribution is 5.72. The van der Waals surface area contributed by atoms with Crippen LogP contribution in [-0.4, -0.2) is 39.9 Å². The van der Waals surface area contributed by atoms with E-state index in [1.54, 1.807) is 4.90 Å². The van der Waals surface area contributed by atoms with Crippen molar-refractivity contribution in [3.8, 4) is 0 Å². The van der Waals surface area contributed by atoms with E-state index in [4.69, 9.17) is 4.74 Å². The number of nitrogens with zero attached hydrogens (tertiary/aromatic N) is 1. The molecule has 0 saturated carbocycles. The maximum absolute atomic E-state index is 11.8. The lowest BCUT2D eigenvalue weighted by Gasteiger charge is -2.52. The topological polar surface area (TPSA) is 49.8 Å². The van der Waals surface area contributed by atoms with Crippen LogP contribution < -0.4 is 0 Å². The summed E-state index contributed by atoms with van der Waals surface area (Å²) in [5.74, 6) is 0. The van der Waals surface area contributed by atoms with Gasteiger partial charge in [0, 0.05) is 12.8 Å². The third-order valence-electron chi connectivity index (χ3n) is 3.66. The summed E-state index contributed by atoms with van der Waals surface area (Å²) in [5.41, 5.74) is -1.62. The summed E-state index contributed by atoms with van der Waals surface area (Å²) in [6.45, 7) is 5.74. The number of aliphatic hydroxyl groups is 1. The van der Waals surface area contributed by atoms with Gasteiger partial charge < -0.3 is 9.84 Å². The van der Waals surface area contributed by atoms with Gasteiger partial charge in [-0.15, -0.1) is 0 Å². The summed E-state index contributed by atoms with van der Waals surface area (Å²) >= 11 is 0. The van der Waals surface area contributed by atoms with Gasteiger partial charge in [-0.1, -0.05) is 12.2 Å². The summed E-state index contributed by atoms with van der Waals surface area (Å²) in [7, 11) is 1.39. The number of rotatable bonds is 0. The Morgan fingerprint density at radius 1 is 1.25 bits per heavy atom. The number of piperidine rings is 1. The minimum Gasteiger partial charge on any atom is -0.453 e. The molecule has 3 atom stereocenters. The van der Waals surface area contributed by atoms with E-state index in [-0.39, 0.29) is 6.09 Å². The molecule has 0 aromatic carbocycles. The van der Waals surface area contributed by atoms with Crippen molar-refractivity contribution in [2.24, 2.45) is 0 Å². The zero-order chi connectivity index (χ0) is 12.2. The first-order chi connectivity index (χ1) is 7.22. The number of carbonyl (C=O) groups is 1. The second-order valence-corrected chi connectivity index (χ2v) is 5.70. The molecule has 1 unspecified atom stereocenters. The number of fused-ring (bicyclic) bond motifs is 2. The van der Waals surface area contributed by atoms with Crippen LogP contribution in [0.4, 0.5) is 4.79 Å². The molecule has 2 bridgehead atoms. The molecule has 2 aliphatic heterocycles.